The van der Waals surface area contributed by atoms with Gasteiger partial charge >= 0.3 is 0 Å². The average molecular weight is 342 g/mol. The molecule has 0 radical (unpaired) electrons. The largest absolute Gasteiger partial charge is 0.480 e. The maximum atomic E-state index is 12.5. The SMILES string of the molecule is CC(NC(=O)C1Cc2cc(Cl)ccc2O1)c1nc2ccccc2[nH]1. The Kier molecular flexibility index (Phi) is 3.65. The molecule has 6 heteroatoms. The van der Waals surface area contributed by atoms with E-state index in [0.717, 1.165) is 28.2 Å². The van der Waals surface area contributed by atoms with Crippen molar-refractivity contribution in [3.8, 4) is 5.75 Å². The van der Waals surface area contributed by atoms with Gasteiger partial charge in [-0.15, -0.1) is 0 Å². The number of hydrogen-bond donors (Lipinski definition) is 2. The van der Waals surface area contributed by atoms with Crippen molar-refractivity contribution < 1.29 is 9.53 Å². The van der Waals surface area contributed by atoms with E-state index in [2.05, 4.69) is 15.3 Å². The number of aromatic amines is 1. The van der Waals surface area contributed by atoms with E-state index in [0.29, 0.717) is 11.4 Å². The fraction of sp³-hybridized carbons (Fsp3) is 0.222. The highest BCUT2D eigenvalue weighted by Gasteiger charge is 2.30. The second-order valence-corrected chi connectivity index (χ2v) is 6.37. The molecule has 2 unspecified atom stereocenters. The van der Waals surface area contributed by atoms with Gasteiger partial charge < -0.3 is 15.0 Å². The number of imidazole rings is 1. The molecule has 1 amide bonds. The molecule has 2 atom stereocenters. The van der Waals surface area contributed by atoms with Crippen LogP contribution in [0.3, 0.4) is 0 Å². The number of benzene rings is 2. The number of aromatic nitrogens is 2. The fourth-order valence-electron chi connectivity index (χ4n) is 2.92. The van der Waals surface area contributed by atoms with Gasteiger partial charge in [0.1, 0.15) is 11.6 Å². The smallest absolute Gasteiger partial charge is 0.262 e. The van der Waals surface area contributed by atoms with E-state index in [1.165, 1.54) is 0 Å². The summed E-state index contributed by atoms with van der Waals surface area (Å²) in [6.45, 7) is 1.90. The summed E-state index contributed by atoms with van der Waals surface area (Å²) in [6.07, 6.45) is -0.0144. The van der Waals surface area contributed by atoms with Gasteiger partial charge in [-0.2, -0.15) is 0 Å². The third-order valence-electron chi connectivity index (χ3n) is 4.17. The first-order chi connectivity index (χ1) is 11.6. The number of carbonyl (C=O) groups is 1. The highest BCUT2D eigenvalue weighted by Crippen LogP contribution is 2.31. The number of carbonyl (C=O) groups excluding carboxylic acids is 1. The maximum Gasteiger partial charge on any atom is 0.262 e. The van der Waals surface area contributed by atoms with Crippen molar-refractivity contribution in [3.63, 3.8) is 0 Å². The lowest BCUT2D eigenvalue weighted by molar-refractivity contribution is -0.127. The predicted molar refractivity (Wildman–Crippen MR) is 92.2 cm³/mol. The van der Waals surface area contributed by atoms with E-state index in [4.69, 9.17) is 16.3 Å². The Bertz CT molecular complexity index is 889. The van der Waals surface area contributed by atoms with Crippen LogP contribution in [0.4, 0.5) is 0 Å². The Hall–Kier alpha value is -2.53. The van der Waals surface area contributed by atoms with Crippen LogP contribution in [0.25, 0.3) is 11.0 Å². The molecule has 24 heavy (non-hydrogen) atoms. The zero-order valence-electron chi connectivity index (χ0n) is 13.0. The van der Waals surface area contributed by atoms with Crippen LogP contribution in [0.15, 0.2) is 42.5 Å². The molecule has 1 aromatic heterocycles. The van der Waals surface area contributed by atoms with Crippen LogP contribution < -0.4 is 10.1 Å². The number of amides is 1. The van der Waals surface area contributed by atoms with Crippen molar-refractivity contribution in [3.05, 3.63) is 58.9 Å². The lowest BCUT2D eigenvalue weighted by Gasteiger charge is -2.15. The van der Waals surface area contributed by atoms with E-state index >= 15 is 0 Å². The molecule has 4 rings (SSSR count). The maximum absolute atomic E-state index is 12.5. The number of nitrogens with one attached hydrogen (secondary N) is 2. The second kappa shape index (κ2) is 5.83. The number of nitrogens with zero attached hydrogens (tertiary/aromatic N) is 1. The van der Waals surface area contributed by atoms with Crippen LogP contribution in [0, 0.1) is 0 Å². The Labute approximate surface area is 144 Å². The third kappa shape index (κ3) is 2.71. The first-order valence-electron chi connectivity index (χ1n) is 7.80. The lowest BCUT2D eigenvalue weighted by Crippen LogP contribution is -2.39. The van der Waals surface area contributed by atoms with Gasteiger partial charge in [0.25, 0.3) is 5.91 Å². The van der Waals surface area contributed by atoms with E-state index < -0.39 is 6.10 Å². The van der Waals surface area contributed by atoms with Gasteiger partial charge in [0.05, 0.1) is 17.1 Å². The minimum Gasteiger partial charge on any atom is -0.480 e. The van der Waals surface area contributed by atoms with Gasteiger partial charge in [0.15, 0.2) is 6.10 Å². The first kappa shape index (κ1) is 15.0. The highest BCUT2D eigenvalue weighted by molar-refractivity contribution is 6.30. The van der Waals surface area contributed by atoms with E-state index in [1.807, 2.05) is 37.3 Å². The molecular weight excluding hydrogens is 326 g/mol. The molecule has 0 bridgehead atoms. The Morgan fingerprint density at radius 3 is 3.04 bits per heavy atom. The molecule has 1 aliphatic heterocycles. The fourth-order valence-corrected chi connectivity index (χ4v) is 3.11. The van der Waals surface area contributed by atoms with Gasteiger partial charge in [0.2, 0.25) is 0 Å². The number of fused-ring (bicyclic) bond motifs is 2. The predicted octanol–water partition coefficient (Wildman–Crippen LogP) is 3.40. The second-order valence-electron chi connectivity index (χ2n) is 5.93. The van der Waals surface area contributed by atoms with Crippen molar-refractivity contribution in [2.45, 2.75) is 25.5 Å². The third-order valence-corrected chi connectivity index (χ3v) is 4.40. The van der Waals surface area contributed by atoms with Crippen LogP contribution in [0.2, 0.25) is 5.02 Å². The molecule has 0 aliphatic carbocycles. The van der Waals surface area contributed by atoms with Crippen molar-refractivity contribution in [2.24, 2.45) is 0 Å². The standard InChI is InChI=1S/C18H16ClN3O2/c1-10(17-21-13-4-2-3-5-14(13)22-17)20-18(23)16-9-11-8-12(19)6-7-15(11)24-16/h2-8,10,16H,9H2,1H3,(H,20,23)(H,21,22). The van der Waals surface area contributed by atoms with E-state index in [9.17, 15) is 4.79 Å². The van der Waals surface area contributed by atoms with Gasteiger partial charge in [-0.1, -0.05) is 23.7 Å². The lowest BCUT2D eigenvalue weighted by atomic mass is 10.1. The van der Waals surface area contributed by atoms with Crippen molar-refractivity contribution >= 4 is 28.5 Å². The zero-order chi connectivity index (χ0) is 16.7. The Morgan fingerprint density at radius 2 is 2.21 bits per heavy atom. The van der Waals surface area contributed by atoms with Gasteiger partial charge in [-0.05, 0) is 42.8 Å². The summed E-state index contributed by atoms with van der Waals surface area (Å²) in [7, 11) is 0. The first-order valence-corrected chi connectivity index (χ1v) is 8.18. The zero-order valence-corrected chi connectivity index (χ0v) is 13.8. The molecule has 3 aromatic rings. The molecule has 2 aromatic carbocycles. The molecule has 2 heterocycles. The number of para-hydroxylation sites is 2. The topological polar surface area (TPSA) is 67.0 Å². The van der Waals surface area contributed by atoms with Crippen molar-refractivity contribution in [1.82, 2.24) is 15.3 Å². The van der Waals surface area contributed by atoms with Crippen molar-refractivity contribution in [2.75, 3.05) is 0 Å². The summed E-state index contributed by atoms with van der Waals surface area (Å²) >= 11 is 5.99. The minimum atomic E-state index is -0.537. The summed E-state index contributed by atoms with van der Waals surface area (Å²) < 4.78 is 5.72. The monoisotopic (exact) mass is 341 g/mol. The molecule has 1 aliphatic rings. The molecular formula is C18H16ClN3O2. The Morgan fingerprint density at radius 1 is 1.38 bits per heavy atom. The van der Waals surface area contributed by atoms with E-state index in [-0.39, 0.29) is 11.9 Å². The number of ether oxygens (including phenoxy) is 1. The molecule has 0 fully saturated rings. The summed E-state index contributed by atoms with van der Waals surface area (Å²) in [4.78, 5) is 20.2. The van der Waals surface area contributed by atoms with Gasteiger partial charge in [0, 0.05) is 11.4 Å². The van der Waals surface area contributed by atoms with E-state index in [1.54, 1.807) is 12.1 Å². The van der Waals surface area contributed by atoms with Gasteiger partial charge in [-0.3, -0.25) is 4.79 Å². The molecule has 5 nitrogen and oxygen atoms in total. The number of halogens is 1. The summed E-state index contributed by atoms with van der Waals surface area (Å²) in [6, 6.07) is 12.9. The van der Waals surface area contributed by atoms with Crippen LogP contribution in [-0.2, 0) is 11.2 Å². The van der Waals surface area contributed by atoms with Crippen LogP contribution in [-0.4, -0.2) is 22.0 Å². The number of H-pyrrole nitrogens is 1. The molecule has 0 saturated carbocycles. The minimum absolute atomic E-state index is 0.157. The quantitative estimate of drug-likeness (QED) is 0.767. The average Bonchev–Trinajstić information content (AvgIpc) is 3.18. The molecule has 2 N–H and O–H groups in total. The molecule has 0 saturated heterocycles. The van der Waals surface area contributed by atoms with Crippen LogP contribution >= 0.6 is 11.6 Å². The summed E-state index contributed by atoms with van der Waals surface area (Å²) in [5.74, 6) is 1.29. The Balaban J connectivity index is 1.46. The van der Waals surface area contributed by atoms with Crippen molar-refractivity contribution in [1.29, 1.82) is 0 Å². The highest BCUT2D eigenvalue weighted by atomic mass is 35.5. The summed E-state index contributed by atoms with van der Waals surface area (Å²) in [5, 5.41) is 3.61. The summed E-state index contributed by atoms with van der Waals surface area (Å²) in [5.41, 5.74) is 2.79. The van der Waals surface area contributed by atoms with Gasteiger partial charge in [-0.25, -0.2) is 4.98 Å². The number of rotatable bonds is 3. The van der Waals surface area contributed by atoms with Crippen LogP contribution in [0.5, 0.6) is 5.75 Å². The molecule has 122 valence electrons. The number of hydrogen-bond acceptors (Lipinski definition) is 3. The normalized spacial score (nSPS) is 17.3. The van der Waals surface area contributed by atoms with Crippen LogP contribution in [0.1, 0.15) is 24.4 Å². The molecule has 0 spiro atoms.